The van der Waals surface area contributed by atoms with Gasteiger partial charge in [-0.2, -0.15) is 0 Å². The molecule has 3 aliphatic heterocycles. The first-order valence-corrected chi connectivity index (χ1v) is 6.33. The first kappa shape index (κ1) is 11.0. The van der Waals surface area contributed by atoms with E-state index < -0.39 is 6.09 Å². The van der Waals surface area contributed by atoms with Gasteiger partial charge in [0.1, 0.15) is 5.82 Å². The van der Waals surface area contributed by atoms with Crippen molar-refractivity contribution >= 4 is 17.5 Å². The minimum atomic E-state index is -0.459. The molecule has 2 unspecified atom stereocenters. The zero-order valence-corrected chi connectivity index (χ0v) is 10.2. The van der Waals surface area contributed by atoms with Crippen LogP contribution in [0, 0.1) is 12.4 Å². The van der Waals surface area contributed by atoms with Gasteiger partial charge in [-0.3, -0.25) is 4.90 Å². The normalized spacial score (nSPS) is 28.6. The first-order valence-electron chi connectivity index (χ1n) is 6.33. The molecule has 3 aliphatic rings. The zero-order chi connectivity index (χ0) is 13.0. The Balaban J connectivity index is 1.59. The van der Waals surface area contributed by atoms with Crippen molar-refractivity contribution in [2.24, 2.45) is 0 Å². The standard InChI is InChI=1S/C13H13FN3O2/c14-9-5-8(17-3-4-19-13(17)18)1-2-12(9)16-6-10-11(7-16)15-10/h1-2,4-5,10-11,15H,3,6-7H2. The summed E-state index contributed by atoms with van der Waals surface area (Å²) in [4.78, 5) is 14.8. The third-order valence-corrected chi connectivity index (χ3v) is 3.88. The van der Waals surface area contributed by atoms with Gasteiger partial charge in [-0.05, 0) is 18.2 Å². The zero-order valence-electron chi connectivity index (χ0n) is 10.2. The monoisotopic (exact) mass is 262 g/mol. The second-order valence-electron chi connectivity index (χ2n) is 5.08. The van der Waals surface area contributed by atoms with Crippen molar-refractivity contribution in [1.82, 2.24) is 5.32 Å². The Morgan fingerprint density at radius 2 is 2.11 bits per heavy atom. The quantitative estimate of drug-likeness (QED) is 0.811. The summed E-state index contributed by atoms with van der Waals surface area (Å²) in [6, 6.07) is 5.93. The molecule has 3 heterocycles. The molecule has 0 aliphatic carbocycles. The van der Waals surface area contributed by atoms with Gasteiger partial charge >= 0.3 is 6.09 Å². The van der Waals surface area contributed by atoms with Gasteiger partial charge in [0.15, 0.2) is 6.61 Å². The Kier molecular flexibility index (Phi) is 2.23. The molecule has 0 spiro atoms. The fourth-order valence-corrected chi connectivity index (χ4v) is 2.78. The number of halogens is 1. The molecular weight excluding hydrogens is 249 g/mol. The van der Waals surface area contributed by atoms with E-state index in [9.17, 15) is 9.18 Å². The van der Waals surface area contributed by atoms with Gasteiger partial charge in [0.05, 0.1) is 17.9 Å². The maximum absolute atomic E-state index is 14.2. The van der Waals surface area contributed by atoms with Crippen molar-refractivity contribution in [2.75, 3.05) is 29.4 Å². The number of rotatable bonds is 2. The van der Waals surface area contributed by atoms with Crippen LogP contribution in [0.5, 0.6) is 0 Å². The van der Waals surface area contributed by atoms with E-state index in [0.29, 0.717) is 30.0 Å². The number of piperazine rings is 1. The lowest BCUT2D eigenvalue weighted by Crippen LogP contribution is -2.28. The van der Waals surface area contributed by atoms with Crippen molar-refractivity contribution in [2.45, 2.75) is 12.1 Å². The lowest BCUT2D eigenvalue weighted by Gasteiger charge is -2.22. The average Bonchev–Trinajstić information content (AvgIpc) is 2.82. The molecule has 0 bridgehead atoms. The predicted octanol–water partition coefficient (Wildman–Crippen LogP) is 1.10. The number of anilines is 2. The Bertz CT molecular complexity index is 541. The maximum Gasteiger partial charge on any atom is 0.414 e. The Hall–Kier alpha value is -1.82. The number of nitrogens with zero attached hydrogens (tertiary/aromatic N) is 2. The van der Waals surface area contributed by atoms with Crippen LogP contribution in [-0.2, 0) is 4.74 Å². The van der Waals surface area contributed by atoms with Gasteiger partial charge in [-0.15, -0.1) is 0 Å². The fraction of sp³-hybridized carbons (Fsp3) is 0.385. The van der Waals surface area contributed by atoms with Crippen LogP contribution >= 0.6 is 0 Å². The van der Waals surface area contributed by atoms with Crippen LogP contribution in [-0.4, -0.2) is 37.8 Å². The van der Waals surface area contributed by atoms with Gasteiger partial charge in [0.25, 0.3) is 0 Å². The average molecular weight is 262 g/mol. The fourth-order valence-electron chi connectivity index (χ4n) is 2.78. The second kappa shape index (κ2) is 3.84. The van der Waals surface area contributed by atoms with Crippen LogP contribution in [0.1, 0.15) is 0 Å². The van der Waals surface area contributed by atoms with Crippen LogP contribution in [0.15, 0.2) is 18.2 Å². The molecule has 5 nitrogen and oxygen atoms in total. The molecular formula is C13H13FN3O2. The van der Waals surface area contributed by atoms with Gasteiger partial charge < -0.3 is 15.0 Å². The highest BCUT2D eigenvalue weighted by atomic mass is 19.1. The number of hydrogen-bond donors (Lipinski definition) is 1. The molecule has 1 N–H and O–H groups in total. The molecule has 4 rings (SSSR count). The topological polar surface area (TPSA) is 54.7 Å². The molecule has 0 saturated carbocycles. The van der Waals surface area contributed by atoms with Crippen molar-refractivity contribution in [1.29, 1.82) is 0 Å². The summed E-state index contributed by atoms with van der Waals surface area (Å²) in [7, 11) is 0. The van der Waals surface area contributed by atoms with Crippen LogP contribution in [0.4, 0.5) is 20.6 Å². The van der Waals surface area contributed by atoms with E-state index >= 15 is 0 Å². The number of carbonyl (C=O) groups is 1. The van der Waals surface area contributed by atoms with Crippen LogP contribution in [0.3, 0.4) is 0 Å². The minimum absolute atomic E-state index is 0.293. The van der Waals surface area contributed by atoms with Crippen molar-refractivity contribution in [3.8, 4) is 0 Å². The molecule has 1 aromatic carbocycles. The number of amides is 1. The number of hydrogen-bond acceptors (Lipinski definition) is 4. The van der Waals surface area contributed by atoms with E-state index in [1.54, 1.807) is 12.1 Å². The van der Waals surface area contributed by atoms with Crippen LogP contribution in [0.25, 0.3) is 0 Å². The Morgan fingerprint density at radius 1 is 1.32 bits per heavy atom. The van der Waals surface area contributed by atoms with Gasteiger partial charge in [-0.25, -0.2) is 9.18 Å². The van der Waals surface area contributed by atoms with Crippen LogP contribution in [0.2, 0.25) is 0 Å². The van der Waals surface area contributed by atoms with Crippen molar-refractivity contribution in [3.63, 3.8) is 0 Å². The van der Waals surface area contributed by atoms with E-state index in [-0.39, 0.29) is 5.82 Å². The summed E-state index contributed by atoms with van der Waals surface area (Å²) in [5, 5.41) is 3.31. The number of carbonyl (C=O) groups excluding carboxylic acids is 1. The molecule has 6 heteroatoms. The number of fused-ring (bicyclic) bond motifs is 1. The summed E-state index contributed by atoms with van der Waals surface area (Å²) < 4.78 is 18.9. The summed E-state index contributed by atoms with van der Waals surface area (Å²) in [5.74, 6) is -0.293. The van der Waals surface area contributed by atoms with E-state index in [1.807, 2.05) is 4.90 Å². The van der Waals surface area contributed by atoms with Gasteiger partial charge in [-0.1, -0.05) is 0 Å². The molecule has 1 amide bonds. The number of nitrogens with one attached hydrogen (secondary N) is 1. The molecule has 0 aromatic heterocycles. The molecule has 3 fully saturated rings. The van der Waals surface area contributed by atoms with E-state index in [0.717, 1.165) is 13.1 Å². The number of ether oxygens (including phenoxy) is 1. The highest BCUT2D eigenvalue weighted by molar-refractivity contribution is 5.90. The summed E-state index contributed by atoms with van der Waals surface area (Å²) >= 11 is 0. The first-order chi connectivity index (χ1) is 9.22. The highest BCUT2D eigenvalue weighted by Crippen LogP contribution is 2.32. The third kappa shape index (κ3) is 1.74. The predicted molar refractivity (Wildman–Crippen MR) is 67.5 cm³/mol. The highest BCUT2D eigenvalue weighted by Gasteiger charge is 2.45. The number of cyclic esters (lactones) is 1. The van der Waals surface area contributed by atoms with Crippen molar-refractivity contribution in [3.05, 3.63) is 30.6 Å². The van der Waals surface area contributed by atoms with Gasteiger partial charge in [0.2, 0.25) is 0 Å². The molecule has 1 radical (unpaired) electrons. The molecule has 19 heavy (non-hydrogen) atoms. The third-order valence-electron chi connectivity index (χ3n) is 3.88. The molecule has 1 aromatic rings. The van der Waals surface area contributed by atoms with Gasteiger partial charge in [0, 0.05) is 25.2 Å². The largest absolute Gasteiger partial charge is 0.440 e. The summed E-state index contributed by atoms with van der Waals surface area (Å²) in [6.07, 6.45) is -0.459. The van der Waals surface area contributed by atoms with E-state index in [1.165, 1.54) is 17.6 Å². The van der Waals surface area contributed by atoms with Crippen molar-refractivity contribution < 1.29 is 13.9 Å². The Morgan fingerprint density at radius 3 is 2.74 bits per heavy atom. The van der Waals surface area contributed by atoms with Crippen LogP contribution < -0.4 is 15.1 Å². The minimum Gasteiger partial charge on any atom is -0.440 e. The van der Waals surface area contributed by atoms with E-state index in [2.05, 4.69) is 5.32 Å². The lowest BCUT2D eigenvalue weighted by atomic mass is 10.2. The number of benzene rings is 1. The Labute approximate surface area is 109 Å². The second-order valence-corrected chi connectivity index (χ2v) is 5.08. The van der Waals surface area contributed by atoms with E-state index in [4.69, 9.17) is 4.74 Å². The SMILES string of the molecule is O=C1O[CH]CN1c1ccc(N2CC3NC3C2)c(F)c1. The molecule has 99 valence electrons. The maximum atomic E-state index is 14.2. The summed E-state index contributed by atoms with van der Waals surface area (Å²) in [5.41, 5.74) is 1.14. The summed E-state index contributed by atoms with van der Waals surface area (Å²) in [6.45, 7) is 3.46. The lowest BCUT2D eigenvalue weighted by molar-refractivity contribution is 0.196. The smallest absolute Gasteiger partial charge is 0.414 e. The molecule has 3 saturated heterocycles. The molecule has 2 atom stereocenters.